The molecule has 2 aromatic heterocycles. The Kier molecular flexibility index (Phi) is 1.99. The number of halogens is 1. The van der Waals surface area contributed by atoms with Crippen LogP contribution in [0.3, 0.4) is 0 Å². The maximum Gasteiger partial charge on any atom is 0.193 e. The van der Waals surface area contributed by atoms with Crippen molar-refractivity contribution in [2.45, 2.75) is 5.33 Å². The van der Waals surface area contributed by atoms with Gasteiger partial charge in [-0.05, 0) is 12.1 Å². The molecule has 62 valence electrons. The van der Waals surface area contributed by atoms with E-state index >= 15 is 0 Å². The van der Waals surface area contributed by atoms with Crippen LogP contribution in [0, 0.1) is 0 Å². The highest BCUT2D eigenvalue weighted by Gasteiger charge is 2.11. The average Bonchev–Trinajstić information content (AvgIpc) is 2.74. The largest absolute Gasteiger partial charge is 0.461 e. The van der Waals surface area contributed by atoms with Crippen LogP contribution >= 0.6 is 15.9 Å². The lowest BCUT2D eigenvalue weighted by Crippen LogP contribution is -1.79. The smallest absolute Gasteiger partial charge is 0.193 e. The van der Waals surface area contributed by atoms with Crippen LogP contribution in [0.25, 0.3) is 11.5 Å². The fourth-order valence-corrected chi connectivity index (χ4v) is 1.37. The van der Waals surface area contributed by atoms with Gasteiger partial charge in [0.25, 0.3) is 0 Å². The Bertz CT molecular complexity index is 353. The first-order chi connectivity index (χ1) is 5.92. The van der Waals surface area contributed by atoms with Gasteiger partial charge in [-0.3, -0.25) is 0 Å². The van der Waals surface area contributed by atoms with Gasteiger partial charge < -0.3 is 8.83 Å². The minimum absolute atomic E-state index is 0.666. The molecule has 2 aromatic rings. The quantitative estimate of drug-likeness (QED) is 0.741. The van der Waals surface area contributed by atoms with Crippen LogP contribution in [0.2, 0.25) is 0 Å². The molecule has 0 atom stereocenters. The lowest BCUT2D eigenvalue weighted by atomic mass is 10.3. The first-order valence-corrected chi connectivity index (χ1v) is 4.56. The van der Waals surface area contributed by atoms with Gasteiger partial charge in [-0.25, -0.2) is 4.98 Å². The van der Waals surface area contributed by atoms with Crippen LogP contribution in [0.15, 0.2) is 33.6 Å². The summed E-state index contributed by atoms with van der Waals surface area (Å²) >= 11 is 3.31. The van der Waals surface area contributed by atoms with Crippen molar-refractivity contribution in [1.82, 2.24) is 4.98 Å². The molecule has 0 N–H and O–H groups in total. The molecule has 0 saturated heterocycles. The van der Waals surface area contributed by atoms with Crippen LogP contribution in [-0.4, -0.2) is 4.98 Å². The summed E-state index contributed by atoms with van der Waals surface area (Å²) in [5.74, 6) is 1.40. The highest BCUT2D eigenvalue weighted by atomic mass is 79.9. The zero-order chi connectivity index (χ0) is 8.39. The molecule has 12 heavy (non-hydrogen) atoms. The second-order valence-corrected chi connectivity index (χ2v) is 2.80. The first-order valence-electron chi connectivity index (χ1n) is 3.44. The van der Waals surface area contributed by atoms with Gasteiger partial charge in [0.15, 0.2) is 17.9 Å². The summed E-state index contributed by atoms with van der Waals surface area (Å²) in [7, 11) is 0. The van der Waals surface area contributed by atoms with Crippen LogP contribution in [0.4, 0.5) is 0 Å². The molecule has 0 spiro atoms. The number of oxazole rings is 1. The number of alkyl halides is 1. The van der Waals surface area contributed by atoms with Crippen molar-refractivity contribution in [3.8, 4) is 11.5 Å². The number of aromatic nitrogens is 1. The molecule has 0 aliphatic heterocycles. The summed E-state index contributed by atoms with van der Waals surface area (Å²) in [6, 6.07) is 3.66. The highest BCUT2D eigenvalue weighted by molar-refractivity contribution is 9.08. The predicted octanol–water partition coefficient (Wildman–Crippen LogP) is 2.83. The first kappa shape index (κ1) is 7.61. The lowest BCUT2D eigenvalue weighted by Gasteiger charge is -1.91. The predicted molar refractivity (Wildman–Crippen MR) is 46.8 cm³/mol. The Morgan fingerprint density at radius 2 is 2.33 bits per heavy atom. The summed E-state index contributed by atoms with van der Waals surface area (Å²) < 4.78 is 10.3. The van der Waals surface area contributed by atoms with Crippen molar-refractivity contribution in [2.75, 3.05) is 0 Å². The van der Waals surface area contributed by atoms with E-state index in [1.165, 1.54) is 6.39 Å². The van der Waals surface area contributed by atoms with E-state index in [1.807, 2.05) is 12.1 Å². The average molecular weight is 228 g/mol. The zero-order valence-corrected chi connectivity index (χ0v) is 7.74. The van der Waals surface area contributed by atoms with Gasteiger partial charge in [-0.2, -0.15) is 0 Å². The van der Waals surface area contributed by atoms with E-state index in [2.05, 4.69) is 20.9 Å². The summed E-state index contributed by atoms with van der Waals surface area (Å²) in [6.45, 7) is 0. The Balaban J connectivity index is 2.46. The lowest BCUT2D eigenvalue weighted by molar-refractivity contribution is 0.520. The van der Waals surface area contributed by atoms with Crippen molar-refractivity contribution >= 4 is 15.9 Å². The molecule has 2 rings (SSSR count). The Hall–Kier alpha value is -1.03. The van der Waals surface area contributed by atoms with E-state index in [-0.39, 0.29) is 0 Å². The minimum Gasteiger partial charge on any atom is -0.461 e. The third kappa shape index (κ3) is 1.18. The molecular weight excluding hydrogens is 222 g/mol. The summed E-state index contributed by atoms with van der Waals surface area (Å²) in [5, 5.41) is 0.666. The molecule has 0 fully saturated rings. The summed E-state index contributed by atoms with van der Waals surface area (Å²) in [4.78, 5) is 4.02. The van der Waals surface area contributed by atoms with Crippen molar-refractivity contribution in [2.24, 2.45) is 0 Å². The summed E-state index contributed by atoms with van der Waals surface area (Å²) in [6.07, 6.45) is 3.02. The molecular formula is C8H6BrNO2. The summed E-state index contributed by atoms with van der Waals surface area (Å²) in [5.41, 5.74) is 0.852. The second kappa shape index (κ2) is 3.15. The van der Waals surface area contributed by atoms with E-state index < -0.39 is 0 Å². The van der Waals surface area contributed by atoms with Gasteiger partial charge in [0, 0.05) is 5.33 Å². The molecule has 3 nitrogen and oxygen atoms in total. The van der Waals surface area contributed by atoms with E-state index in [0.717, 1.165) is 5.69 Å². The van der Waals surface area contributed by atoms with E-state index in [1.54, 1.807) is 6.26 Å². The Morgan fingerprint density at radius 3 is 3.00 bits per heavy atom. The Morgan fingerprint density at radius 1 is 1.42 bits per heavy atom. The number of rotatable bonds is 2. The van der Waals surface area contributed by atoms with Crippen LogP contribution in [-0.2, 0) is 5.33 Å². The van der Waals surface area contributed by atoms with Gasteiger partial charge in [-0.15, -0.1) is 0 Å². The normalized spacial score (nSPS) is 10.4. The van der Waals surface area contributed by atoms with Crippen molar-refractivity contribution in [3.05, 3.63) is 30.5 Å². The molecule has 0 aliphatic rings. The van der Waals surface area contributed by atoms with Crippen LogP contribution < -0.4 is 0 Å². The minimum atomic E-state index is 0.666. The van der Waals surface area contributed by atoms with Crippen molar-refractivity contribution in [1.29, 1.82) is 0 Å². The van der Waals surface area contributed by atoms with Gasteiger partial charge in [-0.1, -0.05) is 15.9 Å². The van der Waals surface area contributed by atoms with Crippen molar-refractivity contribution in [3.63, 3.8) is 0 Å². The van der Waals surface area contributed by atoms with Gasteiger partial charge >= 0.3 is 0 Å². The highest BCUT2D eigenvalue weighted by Crippen LogP contribution is 2.24. The molecule has 0 amide bonds. The van der Waals surface area contributed by atoms with Gasteiger partial charge in [0.1, 0.15) is 5.69 Å². The molecule has 0 saturated carbocycles. The molecule has 4 heteroatoms. The zero-order valence-electron chi connectivity index (χ0n) is 6.16. The molecule has 2 heterocycles. The SMILES string of the molecule is BrCc1ncoc1-c1ccco1. The fraction of sp³-hybridized carbons (Fsp3) is 0.125. The van der Waals surface area contributed by atoms with E-state index in [9.17, 15) is 0 Å². The third-order valence-electron chi connectivity index (χ3n) is 1.51. The standard InChI is InChI=1S/C8H6BrNO2/c9-4-6-8(12-5-10-6)7-2-1-3-11-7/h1-3,5H,4H2. The molecule has 0 aliphatic carbocycles. The van der Waals surface area contributed by atoms with Gasteiger partial charge in [0.05, 0.1) is 6.26 Å². The monoisotopic (exact) mass is 227 g/mol. The van der Waals surface area contributed by atoms with E-state index in [4.69, 9.17) is 8.83 Å². The number of hydrogen-bond donors (Lipinski definition) is 0. The topological polar surface area (TPSA) is 39.2 Å². The molecule has 0 aromatic carbocycles. The van der Waals surface area contributed by atoms with Gasteiger partial charge in [0.2, 0.25) is 0 Å². The molecule has 0 bridgehead atoms. The maximum atomic E-state index is 5.17. The fourth-order valence-electron chi connectivity index (χ4n) is 0.973. The van der Waals surface area contributed by atoms with Crippen LogP contribution in [0.5, 0.6) is 0 Å². The van der Waals surface area contributed by atoms with Crippen molar-refractivity contribution < 1.29 is 8.83 Å². The molecule has 0 unspecified atom stereocenters. The third-order valence-corrected chi connectivity index (χ3v) is 2.04. The second-order valence-electron chi connectivity index (χ2n) is 2.24. The van der Waals surface area contributed by atoms with Crippen LogP contribution in [0.1, 0.15) is 5.69 Å². The number of nitrogens with zero attached hydrogens (tertiary/aromatic N) is 1. The maximum absolute atomic E-state index is 5.17. The number of hydrogen-bond acceptors (Lipinski definition) is 3. The Labute approximate surface area is 77.5 Å². The number of furan rings is 1. The van der Waals surface area contributed by atoms with E-state index in [0.29, 0.717) is 16.9 Å². The molecule has 0 radical (unpaired) electrons.